The molecule has 0 unspecified atom stereocenters. The van der Waals surface area contributed by atoms with E-state index in [2.05, 4.69) is 19.9 Å². The first-order chi connectivity index (χ1) is 18.7. The molecular weight excluding hydrogens is 529 g/mol. The monoisotopic (exact) mass is 550 g/mol. The summed E-state index contributed by atoms with van der Waals surface area (Å²) in [5, 5.41) is 10.6. The summed E-state index contributed by atoms with van der Waals surface area (Å²) in [6.45, 7) is 3.95. The van der Waals surface area contributed by atoms with E-state index in [1.165, 1.54) is 52.0 Å². The highest BCUT2D eigenvalue weighted by Gasteiger charge is 2.31. The summed E-state index contributed by atoms with van der Waals surface area (Å²) in [7, 11) is 0. The van der Waals surface area contributed by atoms with Crippen molar-refractivity contribution in [2.45, 2.75) is 20.2 Å². The van der Waals surface area contributed by atoms with E-state index in [1.54, 1.807) is 6.21 Å². The van der Waals surface area contributed by atoms with E-state index in [9.17, 15) is 18.0 Å². The molecule has 1 aliphatic heterocycles. The molecule has 12 heteroatoms. The third-order valence-electron chi connectivity index (χ3n) is 5.71. The molecule has 0 N–H and O–H groups in total. The van der Waals surface area contributed by atoms with E-state index in [0.29, 0.717) is 16.7 Å². The van der Waals surface area contributed by atoms with Gasteiger partial charge in [-0.2, -0.15) is 10.1 Å². The fourth-order valence-electron chi connectivity index (χ4n) is 3.79. The average molecular weight is 551 g/mol. The number of alkyl halides is 3. The van der Waals surface area contributed by atoms with E-state index in [0.717, 1.165) is 27.9 Å². The second kappa shape index (κ2) is 10.7. The zero-order valence-electron chi connectivity index (χ0n) is 20.8. The van der Waals surface area contributed by atoms with Crippen LogP contribution in [0.25, 0.3) is 17.1 Å². The van der Waals surface area contributed by atoms with Gasteiger partial charge in [-0.15, -0.1) is 18.3 Å². The SMILES string of the molecule is Cc1cccc(C)c1N=C1SCC(=O)N1/N=C\c1ccc(-c2ncn(-c3ccc(OC(F)(F)F)cc3)n2)cc1. The van der Waals surface area contributed by atoms with Gasteiger partial charge in [-0.3, -0.25) is 4.79 Å². The molecule has 0 saturated carbocycles. The molecular formula is C27H21F3N6O2S. The van der Waals surface area contributed by atoms with Crippen molar-refractivity contribution in [1.82, 2.24) is 19.8 Å². The van der Waals surface area contributed by atoms with Crippen LogP contribution in [0.1, 0.15) is 16.7 Å². The van der Waals surface area contributed by atoms with Gasteiger partial charge in [0.1, 0.15) is 12.1 Å². The molecule has 39 heavy (non-hydrogen) atoms. The van der Waals surface area contributed by atoms with E-state index >= 15 is 0 Å². The number of thioether (sulfide) groups is 1. The van der Waals surface area contributed by atoms with Crippen molar-refractivity contribution >= 4 is 34.7 Å². The fraction of sp³-hybridized carbons (Fsp3) is 0.148. The van der Waals surface area contributed by atoms with Crippen LogP contribution in [0, 0.1) is 13.8 Å². The second-order valence-corrected chi connectivity index (χ2v) is 9.49. The van der Waals surface area contributed by atoms with Crippen molar-refractivity contribution in [2.75, 3.05) is 5.75 Å². The zero-order valence-corrected chi connectivity index (χ0v) is 21.6. The lowest BCUT2D eigenvalue weighted by atomic mass is 10.1. The van der Waals surface area contributed by atoms with Gasteiger partial charge in [-0.05, 0) is 54.8 Å². The molecule has 1 amide bonds. The molecule has 1 saturated heterocycles. The highest BCUT2D eigenvalue weighted by molar-refractivity contribution is 8.15. The molecule has 4 aromatic rings. The van der Waals surface area contributed by atoms with Crippen molar-refractivity contribution in [3.8, 4) is 22.8 Å². The Labute approximate surface area is 225 Å². The van der Waals surface area contributed by atoms with Crippen LogP contribution in [0.5, 0.6) is 5.75 Å². The second-order valence-electron chi connectivity index (χ2n) is 8.55. The van der Waals surface area contributed by atoms with Gasteiger partial charge in [0.15, 0.2) is 11.0 Å². The Hall–Kier alpha value is -4.45. The predicted octanol–water partition coefficient (Wildman–Crippen LogP) is 6.05. The summed E-state index contributed by atoms with van der Waals surface area (Å²) in [5.41, 5.74) is 4.88. The number of aliphatic imine (C=N–C) groups is 1. The van der Waals surface area contributed by atoms with Gasteiger partial charge in [0.05, 0.1) is 23.3 Å². The normalized spacial score (nSPS) is 15.1. The number of hydrazone groups is 1. The Morgan fingerprint density at radius 2 is 1.69 bits per heavy atom. The Bertz CT molecular complexity index is 1540. The molecule has 1 aliphatic rings. The highest BCUT2D eigenvalue weighted by atomic mass is 32.2. The van der Waals surface area contributed by atoms with Crippen LogP contribution >= 0.6 is 11.8 Å². The molecule has 0 bridgehead atoms. The van der Waals surface area contributed by atoms with Crippen LogP contribution in [0.3, 0.4) is 0 Å². The van der Waals surface area contributed by atoms with Gasteiger partial charge in [0, 0.05) is 5.56 Å². The van der Waals surface area contributed by atoms with E-state index in [4.69, 9.17) is 4.99 Å². The number of aromatic nitrogens is 3. The maximum absolute atomic E-state index is 12.4. The highest BCUT2D eigenvalue weighted by Crippen LogP contribution is 2.29. The lowest BCUT2D eigenvalue weighted by Crippen LogP contribution is -2.23. The Balaban J connectivity index is 1.29. The van der Waals surface area contributed by atoms with Gasteiger partial charge >= 0.3 is 6.36 Å². The number of nitrogens with zero attached hydrogens (tertiary/aromatic N) is 6. The Morgan fingerprint density at radius 3 is 2.36 bits per heavy atom. The minimum atomic E-state index is -4.75. The largest absolute Gasteiger partial charge is 0.573 e. The fourth-order valence-corrected chi connectivity index (χ4v) is 4.59. The lowest BCUT2D eigenvalue weighted by molar-refractivity contribution is -0.274. The number of para-hydroxylation sites is 1. The number of amidine groups is 1. The van der Waals surface area contributed by atoms with Crippen LogP contribution in [-0.2, 0) is 4.79 Å². The molecule has 3 aromatic carbocycles. The number of aryl methyl sites for hydroxylation is 2. The summed E-state index contributed by atoms with van der Waals surface area (Å²) in [6, 6.07) is 18.5. The first kappa shape index (κ1) is 26.2. The number of hydrogen-bond donors (Lipinski definition) is 0. The molecule has 0 radical (unpaired) electrons. The van der Waals surface area contributed by atoms with Crippen molar-refractivity contribution in [3.63, 3.8) is 0 Å². The minimum Gasteiger partial charge on any atom is -0.406 e. The lowest BCUT2D eigenvalue weighted by Gasteiger charge is -2.11. The van der Waals surface area contributed by atoms with Gasteiger partial charge in [0.25, 0.3) is 5.91 Å². The molecule has 1 aromatic heterocycles. The quantitative estimate of drug-likeness (QED) is 0.273. The smallest absolute Gasteiger partial charge is 0.406 e. The number of halogens is 3. The summed E-state index contributed by atoms with van der Waals surface area (Å²) >= 11 is 1.35. The van der Waals surface area contributed by atoms with Gasteiger partial charge < -0.3 is 4.74 Å². The number of hydrogen-bond acceptors (Lipinski definition) is 7. The maximum atomic E-state index is 12.4. The third-order valence-corrected chi connectivity index (χ3v) is 6.62. The number of carbonyl (C=O) groups excluding carboxylic acids is 1. The van der Waals surface area contributed by atoms with E-state index in [1.807, 2.05) is 56.3 Å². The molecule has 1 fully saturated rings. The molecule has 0 aliphatic carbocycles. The molecule has 0 atom stereocenters. The summed E-state index contributed by atoms with van der Waals surface area (Å²) < 4.78 is 42.5. The topological polar surface area (TPSA) is 85.0 Å². The van der Waals surface area contributed by atoms with Gasteiger partial charge in [-0.1, -0.05) is 54.2 Å². The average Bonchev–Trinajstić information content (AvgIpc) is 3.52. The van der Waals surface area contributed by atoms with Crippen LogP contribution in [-0.4, -0.2) is 49.2 Å². The Kier molecular flexibility index (Phi) is 7.20. The van der Waals surface area contributed by atoms with Crippen molar-refractivity contribution in [2.24, 2.45) is 10.1 Å². The molecule has 2 heterocycles. The van der Waals surface area contributed by atoms with Gasteiger partial charge in [-0.25, -0.2) is 14.7 Å². The number of ether oxygens (including phenoxy) is 1. The van der Waals surface area contributed by atoms with Crippen LogP contribution in [0.4, 0.5) is 18.9 Å². The summed E-state index contributed by atoms with van der Waals surface area (Å²) in [4.78, 5) is 21.4. The number of benzene rings is 3. The van der Waals surface area contributed by atoms with Crippen LogP contribution in [0.2, 0.25) is 0 Å². The summed E-state index contributed by atoms with van der Waals surface area (Å²) in [5.74, 6) is 0.238. The first-order valence-electron chi connectivity index (χ1n) is 11.7. The van der Waals surface area contributed by atoms with Crippen LogP contribution < -0.4 is 4.74 Å². The molecule has 5 rings (SSSR count). The number of rotatable bonds is 6. The van der Waals surface area contributed by atoms with Crippen molar-refractivity contribution in [3.05, 3.63) is 89.7 Å². The number of amides is 1. The Morgan fingerprint density at radius 1 is 1.00 bits per heavy atom. The summed E-state index contributed by atoms with van der Waals surface area (Å²) in [6.07, 6.45) is -1.69. The standard InChI is InChI=1S/C27H21F3N6O2S/c1-17-4-3-5-18(2)24(17)33-26-36(23(37)15-39-26)32-14-19-6-8-20(9-7-19)25-31-16-35(34-25)21-10-12-22(13-11-21)38-27(28,29)30/h3-14,16H,15H2,1-2H3/b32-14-,33-26?. The van der Waals surface area contributed by atoms with Gasteiger partial charge in [0.2, 0.25) is 0 Å². The number of carbonyl (C=O) groups is 1. The molecule has 0 spiro atoms. The van der Waals surface area contributed by atoms with Crippen molar-refractivity contribution in [1.29, 1.82) is 0 Å². The molecule has 198 valence electrons. The third kappa shape index (κ3) is 6.17. The first-order valence-corrected chi connectivity index (χ1v) is 12.7. The van der Waals surface area contributed by atoms with E-state index < -0.39 is 6.36 Å². The molecule has 8 nitrogen and oxygen atoms in total. The van der Waals surface area contributed by atoms with Crippen LogP contribution in [0.15, 0.2) is 83.2 Å². The predicted molar refractivity (Wildman–Crippen MR) is 143 cm³/mol. The minimum absolute atomic E-state index is 0.148. The maximum Gasteiger partial charge on any atom is 0.573 e. The van der Waals surface area contributed by atoms with E-state index in [-0.39, 0.29) is 17.4 Å². The zero-order chi connectivity index (χ0) is 27.6. The van der Waals surface area contributed by atoms with Crippen molar-refractivity contribution < 1.29 is 22.7 Å².